The smallest absolute Gasteiger partial charge is 0.130 e. The van der Waals surface area contributed by atoms with Crippen LogP contribution in [0.1, 0.15) is 16.7 Å². The van der Waals surface area contributed by atoms with Crippen molar-refractivity contribution >= 4 is 16.9 Å². The first-order valence-corrected chi connectivity index (χ1v) is 6.73. The molecule has 2 heterocycles. The van der Waals surface area contributed by atoms with Gasteiger partial charge in [0.2, 0.25) is 0 Å². The highest BCUT2D eigenvalue weighted by Crippen LogP contribution is 2.20. The first-order chi connectivity index (χ1) is 9.69. The standard InChI is InChI=1S/C16H18N4/c1-11-7-14-15(8-12(11)2)20(10-19-14)9-13-5-4-6-18-16(13)17-3/h4-8,10H,9H2,1-3H3,(H,17,18). The van der Waals surface area contributed by atoms with Crippen molar-refractivity contribution in [3.8, 4) is 0 Å². The van der Waals surface area contributed by atoms with Gasteiger partial charge in [-0.15, -0.1) is 0 Å². The molecule has 0 unspecified atom stereocenters. The fourth-order valence-corrected chi connectivity index (χ4v) is 2.41. The van der Waals surface area contributed by atoms with Crippen molar-refractivity contribution in [2.45, 2.75) is 20.4 Å². The Morgan fingerprint density at radius 3 is 2.75 bits per heavy atom. The van der Waals surface area contributed by atoms with E-state index in [2.05, 4.69) is 51.9 Å². The van der Waals surface area contributed by atoms with Gasteiger partial charge in [-0.25, -0.2) is 9.97 Å². The van der Waals surface area contributed by atoms with Gasteiger partial charge in [-0.05, 0) is 43.2 Å². The SMILES string of the molecule is CNc1ncccc1Cn1cnc2cc(C)c(C)cc21. The maximum absolute atomic E-state index is 4.49. The highest BCUT2D eigenvalue weighted by molar-refractivity contribution is 5.77. The Morgan fingerprint density at radius 1 is 1.15 bits per heavy atom. The Kier molecular flexibility index (Phi) is 3.14. The van der Waals surface area contributed by atoms with E-state index in [0.29, 0.717) is 0 Å². The average Bonchev–Trinajstić information content (AvgIpc) is 2.82. The van der Waals surface area contributed by atoms with Crippen molar-refractivity contribution in [1.29, 1.82) is 0 Å². The number of benzene rings is 1. The molecular formula is C16H18N4. The Bertz CT molecular complexity index is 758. The number of aromatic nitrogens is 3. The minimum absolute atomic E-state index is 0.767. The monoisotopic (exact) mass is 266 g/mol. The summed E-state index contributed by atoms with van der Waals surface area (Å²) >= 11 is 0. The molecule has 20 heavy (non-hydrogen) atoms. The number of aryl methyl sites for hydroxylation is 2. The van der Waals surface area contributed by atoms with E-state index < -0.39 is 0 Å². The lowest BCUT2D eigenvalue weighted by atomic mass is 10.1. The second-order valence-corrected chi connectivity index (χ2v) is 5.06. The fourth-order valence-electron chi connectivity index (χ4n) is 2.41. The van der Waals surface area contributed by atoms with Gasteiger partial charge >= 0.3 is 0 Å². The summed E-state index contributed by atoms with van der Waals surface area (Å²) in [6.07, 6.45) is 3.70. The number of hydrogen-bond acceptors (Lipinski definition) is 3. The van der Waals surface area contributed by atoms with Gasteiger partial charge in [0.05, 0.1) is 23.9 Å². The van der Waals surface area contributed by atoms with Gasteiger partial charge in [0.25, 0.3) is 0 Å². The summed E-state index contributed by atoms with van der Waals surface area (Å²) in [6, 6.07) is 8.40. The lowest BCUT2D eigenvalue weighted by Crippen LogP contribution is -2.03. The summed E-state index contributed by atoms with van der Waals surface area (Å²) in [5, 5.41) is 3.13. The lowest BCUT2D eigenvalue weighted by Gasteiger charge is -2.09. The molecule has 3 rings (SSSR count). The molecule has 0 saturated heterocycles. The number of rotatable bonds is 3. The third-order valence-corrected chi connectivity index (χ3v) is 3.71. The predicted octanol–water partition coefficient (Wildman–Crippen LogP) is 3.14. The minimum Gasteiger partial charge on any atom is -0.373 e. The number of pyridine rings is 1. The molecule has 0 aliphatic carbocycles. The van der Waals surface area contributed by atoms with E-state index in [9.17, 15) is 0 Å². The summed E-state index contributed by atoms with van der Waals surface area (Å²) in [5.41, 5.74) is 5.94. The zero-order valence-electron chi connectivity index (χ0n) is 12.0. The highest BCUT2D eigenvalue weighted by atomic mass is 15.1. The maximum atomic E-state index is 4.49. The topological polar surface area (TPSA) is 42.7 Å². The molecule has 0 bridgehead atoms. The number of nitrogens with zero attached hydrogens (tertiary/aromatic N) is 3. The van der Waals surface area contributed by atoms with Gasteiger partial charge in [0, 0.05) is 18.8 Å². The van der Waals surface area contributed by atoms with Crippen LogP contribution in [0.3, 0.4) is 0 Å². The van der Waals surface area contributed by atoms with Gasteiger partial charge in [0.15, 0.2) is 0 Å². The molecule has 102 valence electrons. The number of anilines is 1. The first-order valence-electron chi connectivity index (χ1n) is 6.73. The van der Waals surface area contributed by atoms with Crippen molar-refractivity contribution in [3.63, 3.8) is 0 Å². The van der Waals surface area contributed by atoms with Crippen LogP contribution in [0.5, 0.6) is 0 Å². The number of hydrogen-bond donors (Lipinski definition) is 1. The zero-order valence-corrected chi connectivity index (χ0v) is 12.0. The lowest BCUT2D eigenvalue weighted by molar-refractivity contribution is 0.821. The van der Waals surface area contributed by atoms with Gasteiger partial charge in [-0.3, -0.25) is 0 Å². The van der Waals surface area contributed by atoms with Crippen LogP contribution < -0.4 is 5.32 Å². The van der Waals surface area contributed by atoms with Crippen LogP contribution in [0, 0.1) is 13.8 Å². The molecule has 1 N–H and O–H groups in total. The summed E-state index contributed by atoms with van der Waals surface area (Å²) in [7, 11) is 1.89. The fraction of sp³-hybridized carbons (Fsp3) is 0.250. The largest absolute Gasteiger partial charge is 0.373 e. The van der Waals surface area contributed by atoms with Crippen molar-refractivity contribution < 1.29 is 0 Å². The molecule has 1 aromatic carbocycles. The zero-order chi connectivity index (χ0) is 14.1. The van der Waals surface area contributed by atoms with Crippen LogP contribution in [-0.2, 0) is 6.54 Å². The van der Waals surface area contributed by atoms with Crippen molar-refractivity contribution in [2.24, 2.45) is 0 Å². The van der Waals surface area contributed by atoms with Crippen molar-refractivity contribution in [2.75, 3.05) is 12.4 Å². The van der Waals surface area contributed by atoms with E-state index >= 15 is 0 Å². The molecule has 0 spiro atoms. The molecule has 4 nitrogen and oxygen atoms in total. The summed E-state index contributed by atoms with van der Waals surface area (Å²) in [4.78, 5) is 8.84. The van der Waals surface area contributed by atoms with Crippen LogP contribution in [0.15, 0.2) is 36.8 Å². The van der Waals surface area contributed by atoms with Gasteiger partial charge < -0.3 is 9.88 Å². The Hall–Kier alpha value is -2.36. The second-order valence-electron chi connectivity index (χ2n) is 5.06. The quantitative estimate of drug-likeness (QED) is 0.792. The van der Waals surface area contributed by atoms with Crippen molar-refractivity contribution in [3.05, 3.63) is 53.5 Å². The van der Waals surface area contributed by atoms with Crippen LogP contribution in [-0.4, -0.2) is 21.6 Å². The molecule has 0 aliphatic heterocycles. The Morgan fingerprint density at radius 2 is 1.95 bits per heavy atom. The van der Waals surface area contributed by atoms with E-state index in [1.807, 2.05) is 19.4 Å². The van der Waals surface area contributed by atoms with Gasteiger partial charge in [-0.2, -0.15) is 0 Å². The Balaban J connectivity index is 2.05. The minimum atomic E-state index is 0.767. The molecule has 0 fully saturated rings. The number of imidazole rings is 1. The van der Waals surface area contributed by atoms with Gasteiger partial charge in [-0.1, -0.05) is 6.07 Å². The molecule has 2 aromatic heterocycles. The molecule has 4 heteroatoms. The second kappa shape index (κ2) is 4.96. The molecule has 0 amide bonds. The van der Waals surface area contributed by atoms with E-state index in [1.54, 1.807) is 6.20 Å². The summed E-state index contributed by atoms with van der Waals surface area (Å²) < 4.78 is 2.17. The van der Waals surface area contributed by atoms with E-state index in [0.717, 1.165) is 23.4 Å². The summed E-state index contributed by atoms with van der Waals surface area (Å²) in [6.45, 7) is 5.02. The van der Waals surface area contributed by atoms with Crippen LogP contribution in [0.25, 0.3) is 11.0 Å². The molecule has 0 aliphatic rings. The van der Waals surface area contributed by atoms with Gasteiger partial charge in [0.1, 0.15) is 5.82 Å². The molecule has 0 saturated carbocycles. The first kappa shape index (κ1) is 12.7. The number of fused-ring (bicyclic) bond motifs is 1. The number of nitrogens with one attached hydrogen (secondary N) is 1. The highest BCUT2D eigenvalue weighted by Gasteiger charge is 2.08. The predicted molar refractivity (Wildman–Crippen MR) is 82.1 cm³/mol. The van der Waals surface area contributed by atoms with E-state index in [-0.39, 0.29) is 0 Å². The third kappa shape index (κ3) is 2.13. The average molecular weight is 266 g/mol. The van der Waals surface area contributed by atoms with E-state index in [1.165, 1.54) is 16.6 Å². The Labute approximate surface area is 118 Å². The van der Waals surface area contributed by atoms with Crippen LogP contribution in [0.4, 0.5) is 5.82 Å². The summed E-state index contributed by atoms with van der Waals surface area (Å²) in [5.74, 6) is 0.915. The molecular weight excluding hydrogens is 248 g/mol. The normalized spacial score (nSPS) is 10.9. The molecule has 0 radical (unpaired) electrons. The third-order valence-electron chi connectivity index (χ3n) is 3.71. The maximum Gasteiger partial charge on any atom is 0.130 e. The van der Waals surface area contributed by atoms with Crippen LogP contribution in [0.2, 0.25) is 0 Å². The molecule has 3 aromatic rings. The van der Waals surface area contributed by atoms with Crippen LogP contribution >= 0.6 is 0 Å². The van der Waals surface area contributed by atoms with Crippen molar-refractivity contribution in [1.82, 2.24) is 14.5 Å². The van der Waals surface area contributed by atoms with E-state index in [4.69, 9.17) is 0 Å². The molecule has 0 atom stereocenters.